The van der Waals surface area contributed by atoms with E-state index in [9.17, 15) is 9.59 Å². The summed E-state index contributed by atoms with van der Waals surface area (Å²) in [6, 6.07) is 14.2. The molecule has 0 fully saturated rings. The van der Waals surface area contributed by atoms with Gasteiger partial charge in [-0.2, -0.15) is 4.98 Å². The molecule has 0 amide bonds. The van der Waals surface area contributed by atoms with E-state index in [1.807, 2.05) is 19.1 Å². The topological polar surface area (TPSA) is 82.9 Å². The van der Waals surface area contributed by atoms with Crippen molar-refractivity contribution < 1.29 is 4.52 Å². The maximum absolute atomic E-state index is 13.1. The number of hydrogen-bond acceptors (Lipinski definition) is 5. The minimum atomic E-state index is -0.389. The number of benzene rings is 2. The van der Waals surface area contributed by atoms with Crippen LogP contribution >= 0.6 is 11.6 Å². The van der Waals surface area contributed by atoms with Crippen LogP contribution in [0.25, 0.3) is 22.3 Å². The highest BCUT2D eigenvalue weighted by Gasteiger charge is 2.17. The van der Waals surface area contributed by atoms with Crippen LogP contribution < -0.4 is 11.2 Å². The van der Waals surface area contributed by atoms with E-state index in [2.05, 4.69) is 10.1 Å². The fourth-order valence-electron chi connectivity index (χ4n) is 3.24. The van der Waals surface area contributed by atoms with E-state index in [0.717, 1.165) is 12.8 Å². The molecule has 0 spiro atoms. The molecule has 0 radical (unpaired) electrons. The average Bonchev–Trinajstić information content (AvgIpc) is 3.20. The first-order valence-electron chi connectivity index (χ1n) is 9.40. The van der Waals surface area contributed by atoms with Crippen molar-refractivity contribution in [1.29, 1.82) is 0 Å². The first kappa shape index (κ1) is 19.1. The highest BCUT2D eigenvalue weighted by molar-refractivity contribution is 6.33. The van der Waals surface area contributed by atoms with Crippen LogP contribution in [0.4, 0.5) is 0 Å². The van der Waals surface area contributed by atoms with Crippen LogP contribution in [0.3, 0.4) is 0 Å². The van der Waals surface area contributed by atoms with E-state index in [-0.39, 0.29) is 23.7 Å². The number of unbranched alkanes of at least 4 members (excludes halogenated alkanes) is 1. The van der Waals surface area contributed by atoms with Gasteiger partial charge >= 0.3 is 5.69 Å². The van der Waals surface area contributed by atoms with Crippen LogP contribution in [0, 0.1) is 0 Å². The minimum absolute atomic E-state index is 0.0587. The van der Waals surface area contributed by atoms with Crippen molar-refractivity contribution in [2.75, 3.05) is 0 Å². The Bertz CT molecular complexity index is 1290. The van der Waals surface area contributed by atoms with Crippen molar-refractivity contribution in [1.82, 2.24) is 19.3 Å². The van der Waals surface area contributed by atoms with Crippen LogP contribution in [0.15, 0.2) is 62.6 Å². The molecule has 0 aliphatic heterocycles. The molecule has 0 saturated heterocycles. The second-order valence-corrected chi connectivity index (χ2v) is 7.09. The monoisotopic (exact) mass is 410 g/mol. The highest BCUT2D eigenvalue weighted by atomic mass is 35.5. The molecule has 7 nitrogen and oxygen atoms in total. The zero-order chi connectivity index (χ0) is 20.4. The molecule has 2 heterocycles. The van der Waals surface area contributed by atoms with Crippen molar-refractivity contribution in [2.24, 2.45) is 0 Å². The zero-order valence-electron chi connectivity index (χ0n) is 15.8. The molecule has 0 atom stereocenters. The summed E-state index contributed by atoms with van der Waals surface area (Å²) >= 11 is 6.20. The van der Waals surface area contributed by atoms with Gasteiger partial charge in [-0.3, -0.25) is 13.9 Å². The molecule has 0 aliphatic rings. The molecule has 0 aliphatic carbocycles. The van der Waals surface area contributed by atoms with E-state index in [1.54, 1.807) is 36.4 Å². The van der Waals surface area contributed by atoms with Gasteiger partial charge < -0.3 is 4.52 Å². The molecular formula is C21H19ClN4O3. The van der Waals surface area contributed by atoms with Crippen molar-refractivity contribution in [2.45, 2.75) is 32.9 Å². The quantitative estimate of drug-likeness (QED) is 0.483. The van der Waals surface area contributed by atoms with Gasteiger partial charge in [-0.25, -0.2) is 4.79 Å². The Balaban J connectivity index is 1.80. The number of fused-ring (bicyclic) bond motifs is 1. The van der Waals surface area contributed by atoms with Crippen molar-refractivity contribution in [3.8, 4) is 11.4 Å². The molecular weight excluding hydrogens is 392 g/mol. The lowest BCUT2D eigenvalue weighted by Gasteiger charge is -2.12. The fourth-order valence-corrected chi connectivity index (χ4v) is 3.46. The van der Waals surface area contributed by atoms with Gasteiger partial charge in [0.2, 0.25) is 11.7 Å². The van der Waals surface area contributed by atoms with Gasteiger partial charge in [0, 0.05) is 12.1 Å². The van der Waals surface area contributed by atoms with Gasteiger partial charge in [-0.1, -0.05) is 54.4 Å². The molecule has 29 heavy (non-hydrogen) atoms. The summed E-state index contributed by atoms with van der Waals surface area (Å²) in [6.07, 6.45) is 1.62. The number of para-hydroxylation sites is 1. The van der Waals surface area contributed by atoms with Crippen LogP contribution in [-0.2, 0) is 13.1 Å². The lowest BCUT2D eigenvalue weighted by atomic mass is 10.2. The van der Waals surface area contributed by atoms with Gasteiger partial charge in [-0.15, -0.1) is 0 Å². The summed E-state index contributed by atoms with van der Waals surface area (Å²) in [4.78, 5) is 30.2. The Morgan fingerprint density at radius 3 is 2.59 bits per heavy atom. The standard InChI is InChI=1S/C21H19ClN4O3/c1-2-3-12-25-20(27)15-9-5-7-11-17(15)26(21(25)28)13-18-23-19(24-29-18)14-8-4-6-10-16(14)22/h4-11H,2-3,12-13H2,1H3. The number of halogens is 1. The molecule has 0 N–H and O–H groups in total. The Hall–Kier alpha value is -3.19. The molecule has 2 aromatic carbocycles. The smallest absolute Gasteiger partial charge is 0.331 e. The van der Waals surface area contributed by atoms with Crippen LogP contribution in [0.2, 0.25) is 5.02 Å². The summed E-state index contributed by atoms with van der Waals surface area (Å²) in [6.45, 7) is 2.44. The number of hydrogen-bond donors (Lipinski definition) is 0. The first-order valence-corrected chi connectivity index (χ1v) is 9.77. The molecule has 8 heteroatoms. The molecule has 4 rings (SSSR count). The van der Waals surface area contributed by atoms with E-state index < -0.39 is 0 Å². The van der Waals surface area contributed by atoms with E-state index in [4.69, 9.17) is 16.1 Å². The van der Waals surface area contributed by atoms with Crippen LogP contribution in [-0.4, -0.2) is 19.3 Å². The lowest BCUT2D eigenvalue weighted by molar-refractivity contribution is 0.369. The highest BCUT2D eigenvalue weighted by Crippen LogP contribution is 2.25. The fraction of sp³-hybridized carbons (Fsp3) is 0.238. The van der Waals surface area contributed by atoms with Crippen molar-refractivity contribution in [3.05, 3.63) is 80.3 Å². The van der Waals surface area contributed by atoms with Crippen LogP contribution in [0.5, 0.6) is 0 Å². The maximum Gasteiger partial charge on any atom is 0.331 e. The van der Waals surface area contributed by atoms with Gasteiger partial charge in [-0.05, 0) is 30.7 Å². The average molecular weight is 411 g/mol. The second kappa shape index (κ2) is 8.05. The minimum Gasteiger partial charge on any atom is -0.337 e. The second-order valence-electron chi connectivity index (χ2n) is 6.69. The zero-order valence-corrected chi connectivity index (χ0v) is 16.6. The molecule has 148 valence electrons. The number of nitrogens with zero attached hydrogens (tertiary/aromatic N) is 4. The van der Waals surface area contributed by atoms with E-state index in [0.29, 0.717) is 33.9 Å². The molecule has 4 aromatic rings. The van der Waals surface area contributed by atoms with Gasteiger partial charge in [0.1, 0.15) is 6.54 Å². The Kier molecular flexibility index (Phi) is 5.31. The Morgan fingerprint density at radius 1 is 1.03 bits per heavy atom. The number of aromatic nitrogens is 4. The third kappa shape index (κ3) is 3.61. The van der Waals surface area contributed by atoms with Crippen LogP contribution in [0.1, 0.15) is 25.7 Å². The number of rotatable bonds is 6. The largest absolute Gasteiger partial charge is 0.337 e. The maximum atomic E-state index is 13.1. The third-order valence-corrected chi connectivity index (χ3v) is 5.07. The van der Waals surface area contributed by atoms with Crippen molar-refractivity contribution in [3.63, 3.8) is 0 Å². The summed E-state index contributed by atoms with van der Waals surface area (Å²) in [5.74, 6) is 0.607. The van der Waals surface area contributed by atoms with Gasteiger partial charge in [0.05, 0.1) is 15.9 Å². The molecule has 0 saturated carbocycles. The predicted molar refractivity (Wildman–Crippen MR) is 111 cm³/mol. The molecule has 0 unspecified atom stereocenters. The Labute approximate surface area is 171 Å². The van der Waals surface area contributed by atoms with Gasteiger partial charge in [0.25, 0.3) is 5.56 Å². The molecule has 0 bridgehead atoms. The van der Waals surface area contributed by atoms with Gasteiger partial charge in [0.15, 0.2) is 0 Å². The summed E-state index contributed by atoms with van der Waals surface area (Å²) in [7, 11) is 0. The summed E-state index contributed by atoms with van der Waals surface area (Å²) < 4.78 is 8.14. The predicted octanol–water partition coefficient (Wildman–Crippen LogP) is 3.72. The molecule has 2 aromatic heterocycles. The summed E-state index contributed by atoms with van der Waals surface area (Å²) in [5.41, 5.74) is 0.513. The first-order chi connectivity index (χ1) is 14.1. The third-order valence-electron chi connectivity index (χ3n) is 4.74. The van der Waals surface area contributed by atoms with Crippen molar-refractivity contribution >= 4 is 22.5 Å². The normalized spacial score (nSPS) is 11.2. The van der Waals surface area contributed by atoms with E-state index in [1.165, 1.54) is 9.13 Å². The SMILES string of the molecule is CCCCn1c(=O)c2ccccc2n(Cc2nc(-c3ccccc3Cl)no2)c1=O. The lowest BCUT2D eigenvalue weighted by Crippen LogP contribution is -2.40. The summed E-state index contributed by atoms with van der Waals surface area (Å²) in [5, 5.41) is 4.98. The van der Waals surface area contributed by atoms with E-state index >= 15 is 0 Å². The Morgan fingerprint density at radius 2 is 1.79 bits per heavy atom.